The number of hydrogen-bond acceptors (Lipinski definition) is 4. The molecule has 0 unspecified atom stereocenters. The molecule has 1 heterocycles. The number of carbonyl (C=O) groups is 1. The Morgan fingerprint density at radius 2 is 1.92 bits per heavy atom. The number of amides is 1. The molecule has 0 aromatic heterocycles. The van der Waals surface area contributed by atoms with E-state index in [1.807, 2.05) is 49.4 Å². The summed E-state index contributed by atoms with van der Waals surface area (Å²) in [6.45, 7) is 6.75. The lowest BCUT2D eigenvalue weighted by molar-refractivity contribution is -0.121. The van der Waals surface area contributed by atoms with Crippen molar-refractivity contribution >= 4 is 46.0 Å². The van der Waals surface area contributed by atoms with Gasteiger partial charge >= 0.3 is 0 Å². The standard InChI is InChI=1S/C21H22N2OS2/c1-14(2)17-9-7-16(8-10-17)12-19-20(24)23(21(25)26-19)13-22-18-6-4-5-15(3)11-18/h4-12,14,22H,13H2,1-3H3/b19-12-. The van der Waals surface area contributed by atoms with E-state index >= 15 is 0 Å². The van der Waals surface area contributed by atoms with E-state index in [1.165, 1.54) is 22.9 Å². The van der Waals surface area contributed by atoms with Gasteiger partial charge in [0, 0.05) is 5.69 Å². The Morgan fingerprint density at radius 3 is 2.58 bits per heavy atom. The van der Waals surface area contributed by atoms with E-state index in [0.29, 0.717) is 21.8 Å². The average Bonchev–Trinajstić information content (AvgIpc) is 2.87. The van der Waals surface area contributed by atoms with E-state index in [1.54, 1.807) is 4.90 Å². The average molecular weight is 383 g/mol. The van der Waals surface area contributed by atoms with Gasteiger partial charge in [-0.2, -0.15) is 0 Å². The molecule has 1 saturated heterocycles. The fourth-order valence-corrected chi connectivity index (χ4v) is 3.95. The molecular weight excluding hydrogens is 360 g/mol. The molecule has 3 rings (SSSR count). The van der Waals surface area contributed by atoms with Gasteiger partial charge in [0.1, 0.15) is 4.32 Å². The zero-order valence-corrected chi connectivity index (χ0v) is 16.8. The molecule has 1 fully saturated rings. The van der Waals surface area contributed by atoms with Gasteiger partial charge in [-0.05, 0) is 47.7 Å². The molecule has 134 valence electrons. The van der Waals surface area contributed by atoms with E-state index in [2.05, 4.69) is 31.3 Å². The summed E-state index contributed by atoms with van der Waals surface area (Å²) in [6.07, 6.45) is 1.91. The molecule has 3 nitrogen and oxygen atoms in total. The maximum absolute atomic E-state index is 12.7. The van der Waals surface area contributed by atoms with Gasteiger partial charge in [-0.3, -0.25) is 9.69 Å². The summed E-state index contributed by atoms with van der Waals surface area (Å²) in [6, 6.07) is 16.4. The lowest BCUT2D eigenvalue weighted by Crippen LogP contribution is -2.33. The largest absolute Gasteiger partial charge is 0.367 e. The summed E-state index contributed by atoms with van der Waals surface area (Å²) in [5, 5.41) is 3.27. The lowest BCUT2D eigenvalue weighted by atomic mass is 10.0. The summed E-state index contributed by atoms with van der Waals surface area (Å²) in [5.74, 6) is 0.447. The van der Waals surface area contributed by atoms with E-state index in [-0.39, 0.29) is 5.91 Å². The van der Waals surface area contributed by atoms with E-state index in [4.69, 9.17) is 12.2 Å². The van der Waals surface area contributed by atoms with Gasteiger partial charge in [0.05, 0.1) is 11.6 Å². The number of rotatable bonds is 5. The van der Waals surface area contributed by atoms with Crippen LogP contribution >= 0.6 is 24.0 Å². The van der Waals surface area contributed by atoms with Gasteiger partial charge in [-0.25, -0.2) is 0 Å². The second-order valence-electron chi connectivity index (χ2n) is 6.64. The third kappa shape index (κ3) is 4.34. The highest BCUT2D eigenvalue weighted by Crippen LogP contribution is 2.32. The number of carbonyl (C=O) groups excluding carboxylic acids is 1. The first-order valence-corrected chi connectivity index (χ1v) is 9.82. The van der Waals surface area contributed by atoms with E-state index < -0.39 is 0 Å². The van der Waals surface area contributed by atoms with Gasteiger partial charge < -0.3 is 5.32 Å². The molecule has 0 radical (unpaired) electrons. The normalized spacial score (nSPS) is 16.0. The Hall–Kier alpha value is -2.11. The highest BCUT2D eigenvalue weighted by molar-refractivity contribution is 8.26. The second-order valence-corrected chi connectivity index (χ2v) is 8.31. The molecule has 0 spiro atoms. The van der Waals surface area contributed by atoms with Crippen molar-refractivity contribution in [3.8, 4) is 0 Å². The predicted molar refractivity (Wildman–Crippen MR) is 115 cm³/mol. The van der Waals surface area contributed by atoms with Crippen LogP contribution in [0.1, 0.15) is 36.5 Å². The number of nitrogens with zero attached hydrogens (tertiary/aromatic N) is 1. The Balaban J connectivity index is 1.69. The third-order valence-electron chi connectivity index (χ3n) is 4.23. The minimum absolute atomic E-state index is 0.0481. The number of anilines is 1. The summed E-state index contributed by atoms with van der Waals surface area (Å²) < 4.78 is 0.584. The molecule has 1 amide bonds. The Morgan fingerprint density at radius 1 is 1.19 bits per heavy atom. The zero-order valence-electron chi connectivity index (χ0n) is 15.2. The Kier molecular flexibility index (Phi) is 5.79. The van der Waals surface area contributed by atoms with Gasteiger partial charge in [-0.15, -0.1) is 0 Å². The lowest BCUT2D eigenvalue weighted by Gasteiger charge is -2.16. The van der Waals surface area contributed by atoms with Crippen LogP contribution in [0.5, 0.6) is 0 Å². The maximum Gasteiger partial charge on any atom is 0.267 e. The summed E-state index contributed by atoms with van der Waals surface area (Å²) in [4.78, 5) is 15.0. The van der Waals surface area contributed by atoms with Crippen LogP contribution in [-0.4, -0.2) is 21.8 Å². The number of aryl methyl sites for hydroxylation is 1. The third-order valence-corrected chi connectivity index (χ3v) is 5.61. The molecule has 0 bridgehead atoms. The van der Waals surface area contributed by atoms with Crippen LogP contribution in [-0.2, 0) is 4.79 Å². The van der Waals surface area contributed by atoms with Crippen LogP contribution in [0.2, 0.25) is 0 Å². The number of thiocarbonyl (C=S) groups is 1. The molecule has 0 atom stereocenters. The zero-order chi connectivity index (χ0) is 18.7. The van der Waals surface area contributed by atoms with Crippen molar-refractivity contribution in [1.29, 1.82) is 0 Å². The van der Waals surface area contributed by atoms with Gasteiger partial charge in [0.15, 0.2) is 0 Å². The van der Waals surface area contributed by atoms with Crippen LogP contribution in [0.3, 0.4) is 0 Å². The van der Waals surface area contributed by atoms with Crippen molar-refractivity contribution in [3.05, 3.63) is 70.1 Å². The fraction of sp³-hybridized carbons (Fsp3) is 0.238. The van der Waals surface area contributed by atoms with Crippen molar-refractivity contribution in [2.75, 3.05) is 12.0 Å². The smallest absolute Gasteiger partial charge is 0.267 e. The van der Waals surface area contributed by atoms with Gasteiger partial charge in [0.2, 0.25) is 0 Å². The summed E-state index contributed by atoms with van der Waals surface area (Å²) in [7, 11) is 0. The molecule has 2 aromatic rings. The van der Waals surface area contributed by atoms with Crippen molar-refractivity contribution < 1.29 is 4.79 Å². The fourth-order valence-electron chi connectivity index (χ4n) is 2.69. The molecule has 1 N–H and O–H groups in total. The van der Waals surface area contributed by atoms with Gasteiger partial charge in [-0.1, -0.05) is 74.2 Å². The van der Waals surface area contributed by atoms with Gasteiger partial charge in [0.25, 0.3) is 5.91 Å². The number of benzene rings is 2. The molecule has 0 saturated carbocycles. The summed E-state index contributed by atoms with van der Waals surface area (Å²) in [5.41, 5.74) is 4.45. The number of nitrogens with one attached hydrogen (secondary N) is 1. The Bertz CT molecular complexity index is 857. The molecule has 5 heteroatoms. The maximum atomic E-state index is 12.7. The molecular formula is C21H22N2OS2. The number of hydrogen-bond donors (Lipinski definition) is 1. The second kappa shape index (κ2) is 8.06. The Labute approximate surface area is 164 Å². The minimum atomic E-state index is -0.0481. The molecule has 0 aliphatic carbocycles. The van der Waals surface area contributed by atoms with Crippen LogP contribution in [0.25, 0.3) is 6.08 Å². The van der Waals surface area contributed by atoms with E-state index in [9.17, 15) is 4.79 Å². The SMILES string of the molecule is Cc1cccc(NCN2C(=O)/C(=C/c3ccc(C(C)C)cc3)SC2=S)c1. The van der Waals surface area contributed by atoms with Crippen molar-refractivity contribution in [2.45, 2.75) is 26.7 Å². The van der Waals surface area contributed by atoms with Crippen LogP contribution < -0.4 is 5.32 Å². The van der Waals surface area contributed by atoms with Crippen molar-refractivity contribution in [2.24, 2.45) is 0 Å². The van der Waals surface area contributed by atoms with E-state index in [0.717, 1.165) is 11.3 Å². The first kappa shape index (κ1) is 18.7. The quantitative estimate of drug-likeness (QED) is 0.555. The first-order valence-electron chi connectivity index (χ1n) is 8.60. The monoisotopic (exact) mass is 382 g/mol. The molecule has 26 heavy (non-hydrogen) atoms. The number of thioether (sulfide) groups is 1. The predicted octanol–water partition coefficient (Wildman–Crippen LogP) is 5.39. The molecule has 1 aliphatic heterocycles. The van der Waals surface area contributed by atoms with Crippen LogP contribution in [0.4, 0.5) is 5.69 Å². The van der Waals surface area contributed by atoms with Crippen molar-refractivity contribution in [1.82, 2.24) is 4.90 Å². The topological polar surface area (TPSA) is 32.3 Å². The van der Waals surface area contributed by atoms with Crippen LogP contribution in [0, 0.1) is 6.92 Å². The minimum Gasteiger partial charge on any atom is -0.367 e. The summed E-state index contributed by atoms with van der Waals surface area (Å²) >= 11 is 6.75. The molecule has 1 aliphatic rings. The highest BCUT2D eigenvalue weighted by atomic mass is 32.2. The first-order chi connectivity index (χ1) is 12.4. The highest BCUT2D eigenvalue weighted by Gasteiger charge is 2.31. The van der Waals surface area contributed by atoms with Crippen LogP contribution in [0.15, 0.2) is 53.4 Å². The molecule has 2 aromatic carbocycles. The van der Waals surface area contributed by atoms with Crippen molar-refractivity contribution in [3.63, 3.8) is 0 Å².